The Labute approximate surface area is 583 Å². The minimum Gasteiger partial charge on any atom is -0.508 e. The van der Waals surface area contributed by atoms with Gasteiger partial charge >= 0.3 is 0 Å². The van der Waals surface area contributed by atoms with Gasteiger partial charge in [-0.2, -0.15) is 0 Å². The van der Waals surface area contributed by atoms with Crippen molar-refractivity contribution in [2.75, 3.05) is 26.2 Å². The maximum absolute atomic E-state index is 16.0. The lowest BCUT2D eigenvalue weighted by molar-refractivity contribution is -0.140. The van der Waals surface area contributed by atoms with Crippen LogP contribution in [0.3, 0.4) is 0 Å². The molecule has 15 N–H and O–H groups in total. The van der Waals surface area contributed by atoms with Gasteiger partial charge < -0.3 is 92.5 Å². The van der Waals surface area contributed by atoms with Crippen LogP contribution in [0.4, 0.5) is 0 Å². The number of phenolic OH excluding ortho intramolecular Hbond substituents is 6. The lowest BCUT2D eigenvalue weighted by Gasteiger charge is -2.37. The van der Waals surface area contributed by atoms with Gasteiger partial charge in [0.15, 0.2) is 23.0 Å². The Hall–Kier alpha value is -11.8. The van der Waals surface area contributed by atoms with E-state index in [4.69, 9.17) is 43.1 Å². The first-order valence-corrected chi connectivity index (χ1v) is 32.5. The number of nitrogens with one attached hydrogen (secondary N) is 6. The molecule has 9 aromatic carbocycles. The molecule has 0 unspecified atom stereocenters. The van der Waals surface area contributed by atoms with Crippen molar-refractivity contribution >= 4 is 75.3 Å². The number of amides is 7. The Kier molecular flexibility index (Phi) is 17.6. The fourth-order valence-electron chi connectivity index (χ4n) is 13.1. The number of aromatic hydroxyl groups is 6. The van der Waals surface area contributed by atoms with Crippen molar-refractivity contribution in [2.24, 2.45) is 5.73 Å². The average Bonchev–Trinajstić information content (AvgIpc) is 0.762. The molecule has 9 aromatic rings. The zero-order chi connectivity index (χ0) is 70.8. The highest BCUT2D eigenvalue weighted by molar-refractivity contribution is 6.32. The summed E-state index contributed by atoms with van der Waals surface area (Å²) in [7, 11) is 0. The van der Waals surface area contributed by atoms with E-state index in [1.165, 1.54) is 77.7 Å². The number of carbonyl (C=O) groups is 7. The number of hydrogen-bond donors (Lipinski definition) is 14. The standard InChI is InChI=1S/C73H61Cl2N9O17/c74-47-20-33-6-13-53(47)100-56-27-41-28-57(66(56)91)101-54-14-10-39(25-48(54)75)65(90)64-72(97)81-63(73(98)84-17-15-83(16-18-84)32-34-5-7-35-3-1-2-4-36(35)19-34)46-30-43(86)31-52(89)58(46)45-24-38(9-11-50(45)87)60(69(94)82-64)79-71(96)62(41)80-70(95)61-40-22-42(85)29-44(23-40)99-55-26-37(8-12-51(55)88)59(76)68(93)77-49(21-33)67(92)78-61/h1-14,19-20,22-31,49,59-65,85-91H,15-18,21,32,76H2,(H,77,93)(H,78,92)(H,79,96)(H,80,95)(H,81,97)(H,82,94)/t49-,59-,60-,61+,62-,63+,64+,65-/m1/s1. The number of piperazine rings is 1. The van der Waals surface area contributed by atoms with Crippen LogP contribution < -0.4 is 51.8 Å². The third kappa shape index (κ3) is 13.3. The predicted molar refractivity (Wildman–Crippen MR) is 363 cm³/mol. The van der Waals surface area contributed by atoms with Crippen molar-refractivity contribution < 1.29 is 83.5 Å². The average molecular weight is 1410 g/mol. The second kappa shape index (κ2) is 26.8. The first-order valence-electron chi connectivity index (χ1n) is 31.8. The molecule has 1 saturated heterocycles. The zero-order valence-electron chi connectivity index (χ0n) is 52.8. The predicted octanol–water partition coefficient (Wildman–Crippen LogP) is 7.40. The van der Waals surface area contributed by atoms with Crippen LogP contribution in [0.25, 0.3) is 21.9 Å². The summed E-state index contributed by atoms with van der Waals surface area (Å²) in [5, 5.41) is 99.9. The number of aliphatic hydroxyl groups excluding tert-OH is 1. The molecule has 7 aliphatic heterocycles. The van der Waals surface area contributed by atoms with Crippen LogP contribution in [-0.4, -0.2) is 125 Å². The summed E-state index contributed by atoms with van der Waals surface area (Å²) in [5.41, 5.74) is 6.18. The van der Waals surface area contributed by atoms with Crippen molar-refractivity contribution in [3.8, 4) is 80.1 Å². The summed E-state index contributed by atoms with van der Waals surface area (Å²) < 4.78 is 18.7. The van der Waals surface area contributed by atoms with Gasteiger partial charge in [-0.15, -0.1) is 0 Å². The number of halogens is 2. The lowest BCUT2D eigenvalue weighted by atomic mass is 9.89. The molecule has 0 radical (unpaired) electrons. The fourth-order valence-corrected chi connectivity index (χ4v) is 13.6. The molecule has 0 spiro atoms. The largest absolute Gasteiger partial charge is 0.508 e. The van der Waals surface area contributed by atoms with Crippen LogP contribution in [-0.2, 0) is 46.5 Å². The number of phenols is 6. The summed E-state index contributed by atoms with van der Waals surface area (Å²) in [6.45, 7) is 1.51. The number of benzene rings is 9. The molecule has 7 aliphatic rings. The van der Waals surface area contributed by atoms with Crippen molar-refractivity contribution in [3.05, 3.63) is 212 Å². The molecule has 8 atom stereocenters. The molecular weight excluding hydrogens is 1350 g/mol. The number of ether oxygens (including phenoxy) is 3. The molecule has 101 heavy (non-hydrogen) atoms. The maximum atomic E-state index is 16.0. The number of rotatable bonds is 3. The molecule has 1 fully saturated rings. The summed E-state index contributed by atoms with van der Waals surface area (Å²) in [4.78, 5) is 111. The topological polar surface area (TPSA) is 393 Å². The normalized spacial score (nSPS) is 21.6. The molecule has 28 heteroatoms. The molecule has 7 heterocycles. The van der Waals surface area contributed by atoms with Crippen LogP contribution >= 0.6 is 23.2 Å². The summed E-state index contributed by atoms with van der Waals surface area (Å²) in [5.74, 6) is -13.2. The Morgan fingerprint density at radius 3 is 1.82 bits per heavy atom. The van der Waals surface area contributed by atoms with E-state index >= 15 is 28.8 Å². The van der Waals surface area contributed by atoms with E-state index in [0.717, 1.165) is 58.8 Å². The molecule has 16 rings (SSSR count). The van der Waals surface area contributed by atoms with Crippen molar-refractivity contribution in [2.45, 2.75) is 61.4 Å². The fraction of sp³-hybridized carbons (Fsp3) is 0.192. The van der Waals surface area contributed by atoms with E-state index in [9.17, 15) is 40.5 Å². The monoisotopic (exact) mass is 1410 g/mol. The van der Waals surface area contributed by atoms with Gasteiger partial charge in [-0.25, -0.2) is 0 Å². The van der Waals surface area contributed by atoms with Gasteiger partial charge in [0.25, 0.3) is 0 Å². The number of fused-ring (bicyclic) bond motifs is 15. The van der Waals surface area contributed by atoms with Gasteiger partial charge in [-0.1, -0.05) is 83.9 Å². The smallest absolute Gasteiger partial charge is 0.249 e. The van der Waals surface area contributed by atoms with Crippen LogP contribution in [0.15, 0.2) is 158 Å². The summed E-state index contributed by atoms with van der Waals surface area (Å²) in [6, 6.07) is 23.7. The number of carbonyl (C=O) groups excluding carboxylic acids is 7. The number of aliphatic hydroxyl groups is 1. The van der Waals surface area contributed by atoms with E-state index in [2.05, 4.69) is 42.9 Å². The van der Waals surface area contributed by atoms with Gasteiger partial charge in [0, 0.05) is 62.4 Å². The third-order valence-electron chi connectivity index (χ3n) is 18.3. The van der Waals surface area contributed by atoms with Gasteiger partial charge in [0.2, 0.25) is 47.1 Å². The number of nitrogens with two attached hydrogens (primary N) is 1. The SMILES string of the molecule is N[C@H]1C(=O)N[C@@H]2Cc3ccc(c(Cl)c3)Oc3cc4cc(c3O)Oc3ccc(cc3Cl)[C@@H](O)[C@@H]3NC(=O)[C@H](NC(=O)[C@@H]4NC(=O)[C@@H](NC2=O)c2cc(O)cc(c2)Oc2cc1ccc2O)c1ccc(O)c(c1)-c1c(O)cc(O)cc1[C@@H](C(=O)N1CCN(Cc2ccc4ccccc4c2)CC1)NC3=O. The van der Waals surface area contributed by atoms with E-state index in [1.54, 1.807) is 0 Å². The Bertz CT molecular complexity index is 4950. The molecule has 0 aliphatic carbocycles. The molecule has 0 aromatic heterocycles. The van der Waals surface area contributed by atoms with E-state index in [1.807, 2.05) is 36.4 Å². The minimum absolute atomic E-state index is 0.117. The molecule has 26 nitrogen and oxygen atoms in total. The van der Waals surface area contributed by atoms with Crippen molar-refractivity contribution in [3.63, 3.8) is 0 Å². The number of nitrogens with zero attached hydrogens (tertiary/aromatic N) is 2. The Morgan fingerprint density at radius 2 is 1.11 bits per heavy atom. The quantitative estimate of drug-likeness (QED) is 0.0819. The van der Waals surface area contributed by atoms with Crippen LogP contribution in [0.5, 0.6) is 69.0 Å². The van der Waals surface area contributed by atoms with Crippen molar-refractivity contribution in [1.82, 2.24) is 41.7 Å². The highest BCUT2D eigenvalue weighted by atomic mass is 35.5. The third-order valence-corrected chi connectivity index (χ3v) is 18.9. The summed E-state index contributed by atoms with van der Waals surface area (Å²) >= 11 is 13.9. The maximum Gasteiger partial charge on any atom is 0.249 e. The molecule has 0 saturated carbocycles. The van der Waals surface area contributed by atoms with E-state index < -0.39 is 136 Å². The first kappa shape index (κ1) is 66.4. The molecule has 514 valence electrons. The first-order chi connectivity index (χ1) is 48.5. The van der Waals surface area contributed by atoms with Gasteiger partial charge in [0.05, 0.1) is 10.0 Å². The Balaban J connectivity index is 0.907. The zero-order valence-corrected chi connectivity index (χ0v) is 54.3. The Morgan fingerprint density at radius 1 is 0.495 bits per heavy atom. The summed E-state index contributed by atoms with van der Waals surface area (Å²) in [6.07, 6.45) is -2.43. The second-order valence-corrected chi connectivity index (χ2v) is 25.9. The van der Waals surface area contributed by atoms with Crippen LogP contribution in [0.2, 0.25) is 10.0 Å². The highest BCUT2D eigenvalue weighted by Crippen LogP contribution is 2.48. The molecular formula is C73H61Cl2N9O17. The molecule has 7 amide bonds. The minimum atomic E-state index is -2.16. The number of hydrogen-bond acceptors (Lipinski definition) is 19. The van der Waals surface area contributed by atoms with Gasteiger partial charge in [-0.05, 0) is 140 Å². The van der Waals surface area contributed by atoms with Crippen LogP contribution in [0, 0.1) is 0 Å². The van der Waals surface area contributed by atoms with E-state index in [-0.39, 0.29) is 97.1 Å². The van der Waals surface area contributed by atoms with Gasteiger partial charge in [-0.3, -0.25) is 38.5 Å². The highest BCUT2D eigenvalue weighted by Gasteiger charge is 2.42. The van der Waals surface area contributed by atoms with Crippen molar-refractivity contribution in [1.29, 1.82) is 0 Å². The van der Waals surface area contributed by atoms with E-state index in [0.29, 0.717) is 25.2 Å². The molecule has 17 bridgehead atoms. The second-order valence-electron chi connectivity index (χ2n) is 25.0. The van der Waals surface area contributed by atoms with Gasteiger partial charge in [0.1, 0.15) is 88.6 Å². The van der Waals surface area contributed by atoms with Crippen LogP contribution in [0.1, 0.15) is 80.8 Å². The lowest BCUT2D eigenvalue weighted by Crippen LogP contribution is -2.57.